The summed E-state index contributed by atoms with van der Waals surface area (Å²) in [5.74, 6) is 0.998. The lowest BCUT2D eigenvalue weighted by Gasteiger charge is -2.37. The Bertz CT molecular complexity index is 426. The van der Waals surface area contributed by atoms with Crippen LogP contribution in [-0.2, 0) is 13.0 Å². The molecule has 2 heteroatoms. The summed E-state index contributed by atoms with van der Waals surface area (Å²) >= 11 is 0. The van der Waals surface area contributed by atoms with Crippen LogP contribution in [0, 0.1) is 5.92 Å². The first-order valence-electron chi connectivity index (χ1n) is 8.89. The largest absolute Gasteiger partial charge is 0.317 e. The van der Waals surface area contributed by atoms with E-state index in [1.54, 1.807) is 0 Å². The van der Waals surface area contributed by atoms with Crippen LogP contribution in [0.2, 0.25) is 0 Å². The third-order valence-electron chi connectivity index (χ3n) is 5.36. The molecule has 2 unspecified atom stereocenters. The van der Waals surface area contributed by atoms with E-state index in [4.69, 9.17) is 0 Å². The number of nitrogens with one attached hydrogen (secondary N) is 1. The molecule has 0 amide bonds. The van der Waals surface area contributed by atoms with Crippen LogP contribution in [-0.4, -0.2) is 30.6 Å². The monoisotopic (exact) mass is 286 g/mol. The Morgan fingerprint density at radius 1 is 1.05 bits per heavy atom. The molecular weight excluding hydrogens is 256 g/mol. The van der Waals surface area contributed by atoms with Gasteiger partial charge in [-0.2, -0.15) is 0 Å². The molecule has 116 valence electrons. The van der Waals surface area contributed by atoms with Gasteiger partial charge in [0.05, 0.1) is 0 Å². The second kappa shape index (κ2) is 7.42. The van der Waals surface area contributed by atoms with Crippen LogP contribution in [0.3, 0.4) is 0 Å². The number of benzene rings is 1. The Labute approximate surface area is 129 Å². The smallest absolute Gasteiger partial charge is 0.0236 e. The summed E-state index contributed by atoms with van der Waals surface area (Å²) in [6.07, 6.45) is 8.39. The third kappa shape index (κ3) is 3.87. The van der Waals surface area contributed by atoms with Crippen LogP contribution in [0.1, 0.15) is 50.2 Å². The number of likely N-dealkylation sites (N-methyl/N-ethyl adjacent to an activating group) is 1. The van der Waals surface area contributed by atoms with E-state index in [0.717, 1.165) is 38.0 Å². The fourth-order valence-corrected chi connectivity index (χ4v) is 4.21. The SMILES string of the molecule is CCNCCc1ccc(CN2CCCC3CCCC32)cc1. The molecule has 1 aliphatic heterocycles. The number of hydrogen-bond acceptors (Lipinski definition) is 2. The van der Waals surface area contributed by atoms with Gasteiger partial charge in [-0.1, -0.05) is 37.6 Å². The molecule has 2 nitrogen and oxygen atoms in total. The number of likely N-dealkylation sites (tertiary alicyclic amines) is 1. The Hall–Kier alpha value is -0.860. The Morgan fingerprint density at radius 3 is 2.62 bits per heavy atom. The standard InChI is InChI=1S/C19H30N2/c1-2-20-13-12-16-8-10-17(11-9-16)15-21-14-4-6-18-5-3-7-19(18)21/h8-11,18-20H,2-7,12-15H2,1H3. The molecule has 1 aliphatic carbocycles. The first-order chi connectivity index (χ1) is 10.4. The van der Waals surface area contributed by atoms with Gasteiger partial charge in [-0.05, 0) is 68.8 Å². The van der Waals surface area contributed by atoms with Gasteiger partial charge in [0.15, 0.2) is 0 Å². The topological polar surface area (TPSA) is 15.3 Å². The Kier molecular flexibility index (Phi) is 5.32. The van der Waals surface area contributed by atoms with Gasteiger partial charge in [-0.3, -0.25) is 4.90 Å². The number of rotatable bonds is 6. The van der Waals surface area contributed by atoms with Crippen LogP contribution >= 0.6 is 0 Å². The summed E-state index contributed by atoms with van der Waals surface area (Å²) in [4.78, 5) is 2.76. The number of hydrogen-bond donors (Lipinski definition) is 1. The first kappa shape index (κ1) is 15.1. The second-order valence-electron chi connectivity index (χ2n) is 6.79. The van der Waals surface area contributed by atoms with Crippen molar-refractivity contribution in [3.8, 4) is 0 Å². The van der Waals surface area contributed by atoms with E-state index in [9.17, 15) is 0 Å². The number of nitrogens with zero attached hydrogens (tertiary/aromatic N) is 1. The zero-order valence-corrected chi connectivity index (χ0v) is 13.5. The minimum atomic E-state index is 0.882. The summed E-state index contributed by atoms with van der Waals surface area (Å²) in [5, 5.41) is 3.39. The highest BCUT2D eigenvalue weighted by Gasteiger charge is 2.34. The average molecular weight is 286 g/mol. The minimum absolute atomic E-state index is 0.882. The fourth-order valence-electron chi connectivity index (χ4n) is 4.21. The molecule has 2 fully saturated rings. The van der Waals surface area contributed by atoms with E-state index in [2.05, 4.69) is 41.4 Å². The second-order valence-corrected chi connectivity index (χ2v) is 6.79. The van der Waals surface area contributed by atoms with Crippen molar-refractivity contribution in [3.63, 3.8) is 0 Å². The highest BCUT2D eigenvalue weighted by Crippen LogP contribution is 2.37. The first-order valence-corrected chi connectivity index (χ1v) is 8.89. The van der Waals surface area contributed by atoms with E-state index >= 15 is 0 Å². The van der Waals surface area contributed by atoms with Crippen LogP contribution in [0.5, 0.6) is 0 Å². The molecule has 1 heterocycles. The molecule has 0 aromatic heterocycles. The Balaban J connectivity index is 1.54. The van der Waals surface area contributed by atoms with Gasteiger partial charge >= 0.3 is 0 Å². The normalized spacial score (nSPS) is 26.0. The average Bonchev–Trinajstić information content (AvgIpc) is 2.99. The molecule has 1 N–H and O–H groups in total. The maximum atomic E-state index is 3.39. The van der Waals surface area contributed by atoms with Gasteiger partial charge in [0.2, 0.25) is 0 Å². The molecule has 2 aliphatic rings. The molecule has 0 radical (unpaired) electrons. The lowest BCUT2D eigenvalue weighted by Crippen LogP contribution is -2.41. The lowest BCUT2D eigenvalue weighted by molar-refractivity contribution is 0.106. The highest BCUT2D eigenvalue weighted by molar-refractivity contribution is 5.23. The van der Waals surface area contributed by atoms with Crippen molar-refractivity contribution in [1.29, 1.82) is 0 Å². The summed E-state index contributed by atoms with van der Waals surface area (Å²) in [5.41, 5.74) is 2.95. The molecule has 1 aromatic rings. The Morgan fingerprint density at radius 2 is 1.81 bits per heavy atom. The van der Waals surface area contributed by atoms with Crippen LogP contribution in [0.4, 0.5) is 0 Å². The van der Waals surface area contributed by atoms with Crippen LogP contribution in [0.25, 0.3) is 0 Å². The lowest BCUT2D eigenvalue weighted by atomic mass is 9.91. The number of fused-ring (bicyclic) bond motifs is 1. The molecule has 0 spiro atoms. The number of piperidine rings is 1. The van der Waals surface area contributed by atoms with Gasteiger partial charge in [0.1, 0.15) is 0 Å². The zero-order chi connectivity index (χ0) is 14.5. The molecule has 2 atom stereocenters. The summed E-state index contributed by atoms with van der Waals surface area (Å²) in [7, 11) is 0. The van der Waals surface area contributed by atoms with E-state index < -0.39 is 0 Å². The molecular formula is C19H30N2. The van der Waals surface area contributed by atoms with Crippen molar-refractivity contribution in [2.75, 3.05) is 19.6 Å². The highest BCUT2D eigenvalue weighted by atomic mass is 15.2. The van der Waals surface area contributed by atoms with E-state index in [0.29, 0.717) is 0 Å². The fraction of sp³-hybridized carbons (Fsp3) is 0.684. The van der Waals surface area contributed by atoms with Gasteiger partial charge < -0.3 is 5.32 Å². The maximum absolute atomic E-state index is 3.39. The predicted octanol–water partition coefficient (Wildman–Crippen LogP) is 3.60. The summed E-state index contributed by atoms with van der Waals surface area (Å²) < 4.78 is 0. The molecule has 3 rings (SSSR count). The van der Waals surface area contributed by atoms with Crippen molar-refractivity contribution < 1.29 is 0 Å². The van der Waals surface area contributed by atoms with Crippen molar-refractivity contribution in [2.45, 2.75) is 58.0 Å². The van der Waals surface area contributed by atoms with Crippen molar-refractivity contribution in [2.24, 2.45) is 5.92 Å². The molecule has 0 bridgehead atoms. The molecule has 1 saturated heterocycles. The predicted molar refractivity (Wildman–Crippen MR) is 89.5 cm³/mol. The molecule has 1 aromatic carbocycles. The minimum Gasteiger partial charge on any atom is -0.317 e. The third-order valence-corrected chi connectivity index (χ3v) is 5.36. The van der Waals surface area contributed by atoms with Gasteiger partial charge in [-0.25, -0.2) is 0 Å². The van der Waals surface area contributed by atoms with Crippen molar-refractivity contribution >= 4 is 0 Å². The zero-order valence-electron chi connectivity index (χ0n) is 13.5. The van der Waals surface area contributed by atoms with Gasteiger partial charge in [0, 0.05) is 12.6 Å². The molecule has 1 saturated carbocycles. The van der Waals surface area contributed by atoms with Crippen molar-refractivity contribution in [1.82, 2.24) is 10.2 Å². The summed E-state index contributed by atoms with van der Waals surface area (Å²) in [6, 6.07) is 10.2. The van der Waals surface area contributed by atoms with E-state index in [1.165, 1.54) is 49.8 Å². The van der Waals surface area contributed by atoms with E-state index in [1.807, 2.05) is 0 Å². The quantitative estimate of drug-likeness (QED) is 0.804. The van der Waals surface area contributed by atoms with Crippen LogP contribution in [0.15, 0.2) is 24.3 Å². The maximum Gasteiger partial charge on any atom is 0.0236 e. The van der Waals surface area contributed by atoms with Crippen molar-refractivity contribution in [3.05, 3.63) is 35.4 Å². The van der Waals surface area contributed by atoms with E-state index in [-0.39, 0.29) is 0 Å². The van der Waals surface area contributed by atoms with Gasteiger partial charge in [-0.15, -0.1) is 0 Å². The van der Waals surface area contributed by atoms with Gasteiger partial charge in [0.25, 0.3) is 0 Å². The summed E-state index contributed by atoms with van der Waals surface area (Å²) in [6.45, 7) is 6.79. The van der Waals surface area contributed by atoms with Crippen LogP contribution < -0.4 is 5.32 Å². The molecule has 21 heavy (non-hydrogen) atoms.